The Balaban J connectivity index is 1.79. The topological polar surface area (TPSA) is 18.5 Å². The lowest BCUT2D eigenvalue weighted by atomic mass is 10.2. The number of rotatable bonds is 3. The summed E-state index contributed by atoms with van der Waals surface area (Å²) in [6.07, 6.45) is 2.58. The second-order valence-corrected chi connectivity index (χ2v) is 3.19. The summed E-state index contributed by atoms with van der Waals surface area (Å²) < 4.78 is 11.0. The molecule has 1 aliphatic heterocycles. The van der Waals surface area contributed by atoms with Gasteiger partial charge in [0.2, 0.25) is 0 Å². The van der Waals surface area contributed by atoms with E-state index in [1.165, 1.54) is 0 Å². The van der Waals surface area contributed by atoms with Crippen molar-refractivity contribution in [3.05, 3.63) is 30.3 Å². The average Bonchev–Trinajstić information content (AvgIpc) is 2.69. The molecule has 1 aliphatic rings. The van der Waals surface area contributed by atoms with Gasteiger partial charge in [-0.2, -0.15) is 0 Å². The molecule has 0 bridgehead atoms. The van der Waals surface area contributed by atoms with E-state index in [0.29, 0.717) is 12.7 Å². The van der Waals surface area contributed by atoms with Gasteiger partial charge < -0.3 is 9.47 Å². The van der Waals surface area contributed by atoms with E-state index >= 15 is 0 Å². The van der Waals surface area contributed by atoms with E-state index in [9.17, 15) is 0 Å². The fourth-order valence-corrected chi connectivity index (χ4v) is 1.43. The third kappa shape index (κ3) is 2.46. The first-order valence-corrected chi connectivity index (χ1v) is 4.66. The number of hydrogen-bond acceptors (Lipinski definition) is 2. The molecule has 1 fully saturated rings. The van der Waals surface area contributed by atoms with Crippen LogP contribution in [0.5, 0.6) is 5.75 Å². The highest BCUT2D eigenvalue weighted by molar-refractivity contribution is 5.20. The molecular weight excluding hydrogens is 164 g/mol. The normalized spacial score (nSPS) is 21.7. The van der Waals surface area contributed by atoms with E-state index < -0.39 is 0 Å². The van der Waals surface area contributed by atoms with Crippen LogP contribution in [0.15, 0.2) is 24.3 Å². The number of ether oxygens (including phenoxy) is 2. The van der Waals surface area contributed by atoms with Crippen molar-refractivity contribution in [2.75, 3.05) is 13.2 Å². The van der Waals surface area contributed by atoms with Crippen LogP contribution in [-0.4, -0.2) is 19.3 Å². The Hall–Kier alpha value is -1.02. The molecule has 0 aliphatic carbocycles. The van der Waals surface area contributed by atoms with Crippen molar-refractivity contribution in [3.63, 3.8) is 0 Å². The van der Waals surface area contributed by atoms with Gasteiger partial charge in [-0.1, -0.05) is 12.1 Å². The third-order valence-corrected chi connectivity index (χ3v) is 2.14. The minimum Gasteiger partial charge on any atom is -0.491 e. The van der Waals surface area contributed by atoms with Gasteiger partial charge in [-0.05, 0) is 31.0 Å². The van der Waals surface area contributed by atoms with E-state index in [2.05, 4.69) is 6.07 Å². The van der Waals surface area contributed by atoms with Gasteiger partial charge in [0.05, 0.1) is 6.10 Å². The highest BCUT2D eigenvalue weighted by Gasteiger charge is 2.15. The average molecular weight is 177 g/mol. The molecule has 13 heavy (non-hydrogen) atoms. The van der Waals surface area contributed by atoms with Crippen molar-refractivity contribution in [1.82, 2.24) is 0 Å². The molecule has 2 nitrogen and oxygen atoms in total. The van der Waals surface area contributed by atoms with Gasteiger partial charge in [0.1, 0.15) is 12.4 Å². The van der Waals surface area contributed by atoms with Gasteiger partial charge >= 0.3 is 0 Å². The molecule has 1 radical (unpaired) electrons. The Bertz CT molecular complexity index is 240. The van der Waals surface area contributed by atoms with Crippen molar-refractivity contribution in [2.24, 2.45) is 0 Å². The minimum atomic E-state index is 0.292. The highest BCUT2D eigenvalue weighted by atomic mass is 16.5. The van der Waals surface area contributed by atoms with Crippen molar-refractivity contribution < 1.29 is 9.47 Å². The summed E-state index contributed by atoms with van der Waals surface area (Å²) in [4.78, 5) is 0. The summed E-state index contributed by atoms with van der Waals surface area (Å²) in [5, 5.41) is 0. The molecule has 0 spiro atoms. The predicted octanol–water partition coefficient (Wildman–Crippen LogP) is 2.04. The van der Waals surface area contributed by atoms with Crippen molar-refractivity contribution in [2.45, 2.75) is 18.9 Å². The smallest absolute Gasteiger partial charge is 0.120 e. The maximum absolute atomic E-state index is 5.53. The van der Waals surface area contributed by atoms with Crippen LogP contribution >= 0.6 is 0 Å². The van der Waals surface area contributed by atoms with Crippen LogP contribution in [0.3, 0.4) is 0 Å². The van der Waals surface area contributed by atoms with Gasteiger partial charge in [-0.25, -0.2) is 0 Å². The largest absolute Gasteiger partial charge is 0.491 e. The van der Waals surface area contributed by atoms with Crippen LogP contribution in [0, 0.1) is 6.07 Å². The molecule has 2 heteroatoms. The summed E-state index contributed by atoms with van der Waals surface area (Å²) >= 11 is 0. The summed E-state index contributed by atoms with van der Waals surface area (Å²) in [5.41, 5.74) is 0. The summed E-state index contributed by atoms with van der Waals surface area (Å²) in [7, 11) is 0. The molecule has 1 aromatic carbocycles. The molecule has 0 N–H and O–H groups in total. The van der Waals surface area contributed by atoms with Crippen LogP contribution in [0.4, 0.5) is 0 Å². The molecule has 69 valence electrons. The third-order valence-electron chi connectivity index (χ3n) is 2.14. The summed E-state index contributed by atoms with van der Waals surface area (Å²) in [6.45, 7) is 1.55. The van der Waals surface area contributed by atoms with E-state index in [4.69, 9.17) is 9.47 Å². The molecule has 0 saturated carbocycles. The number of benzene rings is 1. The van der Waals surface area contributed by atoms with Crippen molar-refractivity contribution >= 4 is 0 Å². The van der Waals surface area contributed by atoms with Crippen LogP contribution in [0.2, 0.25) is 0 Å². The second kappa shape index (κ2) is 4.28. The van der Waals surface area contributed by atoms with Gasteiger partial charge in [-0.3, -0.25) is 0 Å². The maximum atomic E-state index is 5.53. The standard InChI is InChI=1S/C11H13O2/c1-2-5-10(6-3-1)13-9-11-7-4-8-12-11/h1-2,5-6,11H,4,7-9H2. The zero-order chi connectivity index (χ0) is 8.93. The molecule has 0 amide bonds. The molecule has 1 unspecified atom stereocenters. The highest BCUT2D eigenvalue weighted by Crippen LogP contribution is 2.14. The summed E-state index contributed by atoms with van der Waals surface area (Å²) in [5.74, 6) is 0.873. The Morgan fingerprint density at radius 3 is 3.31 bits per heavy atom. The minimum absolute atomic E-state index is 0.292. The maximum Gasteiger partial charge on any atom is 0.120 e. The van der Waals surface area contributed by atoms with Crippen LogP contribution in [0.1, 0.15) is 12.8 Å². The van der Waals surface area contributed by atoms with Crippen molar-refractivity contribution in [1.29, 1.82) is 0 Å². The predicted molar refractivity (Wildman–Crippen MR) is 49.7 cm³/mol. The van der Waals surface area contributed by atoms with Crippen LogP contribution in [0.25, 0.3) is 0 Å². The molecular formula is C11H13O2. The molecule has 1 aromatic rings. The first kappa shape index (κ1) is 8.57. The second-order valence-electron chi connectivity index (χ2n) is 3.19. The lowest BCUT2D eigenvalue weighted by molar-refractivity contribution is 0.0679. The Kier molecular flexibility index (Phi) is 2.82. The molecule has 1 heterocycles. The van der Waals surface area contributed by atoms with E-state index in [1.807, 2.05) is 24.3 Å². The first-order valence-electron chi connectivity index (χ1n) is 4.66. The summed E-state index contributed by atoms with van der Waals surface area (Å²) in [6, 6.07) is 10.5. The Morgan fingerprint density at radius 1 is 1.62 bits per heavy atom. The first-order chi connectivity index (χ1) is 6.45. The van der Waals surface area contributed by atoms with Crippen LogP contribution < -0.4 is 4.74 Å². The Labute approximate surface area is 78.5 Å². The van der Waals surface area contributed by atoms with Crippen molar-refractivity contribution in [3.8, 4) is 5.75 Å². The fourth-order valence-electron chi connectivity index (χ4n) is 1.43. The van der Waals surface area contributed by atoms with E-state index in [-0.39, 0.29) is 0 Å². The molecule has 2 rings (SSSR count). The molecule has 0 aromatic heterocycles. The van der Waals surface area contributed by atoms with Gasteiger partial charge in [-0.15, -0.1) is 0 Å². The van der Waals surface area contributed by atoms with Crippen LogP contribution in [-0.2, 0) is 4.74 Å². The van der Waals surface area contributed by atoms with Gasteiger partial charge in [0, 0.05) is 6.61 Å². The van der Waals surface area contributed by atoms with Gasteiger partial charge in [0.25, 0.3) is 0 Å². The van der Waals surface area contributed by atoms with E-state index in [1.54, 1.807) is 0 Å². The van der Waals surface area contributed by atoms with E-state index in [0.717, 1.165) is 25.2 Å². The SMILES string of the molecule is [c]1cccc(OCC2CCCO2)c1. The monoisotopic (exact) mass is 177 g/mol. The Morgan fingerprint density at radius 2 is 2.62 bits per heavy atom. The molecule has 1 saturated heterocycles. The van der Waals surface area contributed by atoms with Gasteiger partial charge in [0.15, 0.2) is 0 Å². The number of hydrogen-bond donors (Lipinski definition) is 0. The lowest BCUT2D eigenvalue weighted by Crippen LogP contribution is -2.16. The zero-order valence-electron chi connectivity index (χ0n) is 7.53. The lowest BCUT2D eigenvalue weighted by Gasteiger charge is -2.10. The zero-order valence-corrected chi connectivity index (χ0v) is 7.53. The fraction of sp³-hybridized carbons (Fsp3) is 0.455. The quantitative estimate of drug-likeness (QED) is 0.703. The molecule has 1 atom stereocenters.